The molecule has 0 fully saturated rings. The van der Waals surface area contributed by atoms with E-state index in [-0.39, 0.29) is 5.84 Å². The van der Waals surface area contributed by atoms with Crippen LogP contribution in [0.25, 0.3) is 0 Å². The highest BCUT2D eigenvalue weighted by atomic mass is 16.5. The van der Waals surface area contributed by atoms with Crippen molar-refractivity contribution in [2.24, 2.45) is 5.73 Å². The van der Waals surface area contributed by atoms with Crippen LogP contribution in [0.2, 0.25) is 0 Å². The molecule has 1 aliphatic carbocycles. The van der Waals surface area contributed by atoms with Crippen LogP contribution in [-0.2, 0) is 12.8 Å². The molecule has 0 bridgehead atoms. The number of para-hydroxylation sites is 1. The maximum Gasteiger partial charge on any atom is 0.230 e. The third-order valence-electron chi connectivity index (χ3n) is 3.51. The Balaban J connectivity index is 2.02. The average molecular weight is 267 g/mol. The monoisotopic (exact) mass is 267 g/mol. The Kier molecular flexibility index (Phi) is 3.37. The molecule has 1 aromatic heterocycles. The molecule has 0 amide bonds. The zero-order valence-electron chi connectivity index (χ0n) is 11.2. The number of nitrogens with one attached hydrogen (secondary N) is 1. The molecular weight excluding hydrogens is 250 g/mol. The van der Waals surface area contributed by atoms with Gasteiger partial charge in [0.15, 0.2) is 0 Å². The summed E-state index contributed by atoms with van der Waals surface area (Å²) in [6.07, 6.45) is 4.31. The number of pyridine rings is 1. The third kappa shape index (κ3) is 2.50. The van der Waals surface area contributed by atoms with Crippen molar-refractivity contribution in [3.63, 3.8) is 0 Å². The summed E-state index contributed by atoms with van der Waals surface area (Å²) in [5.74, 6) is 1.14. The van der Waals surface area contributed by atoms with Gasteiger partial charge in [-0.25, -0.2) is 4.98 Å². The quantitative estimate of drug-likeness (QED) is 0.663. The third-order valence-corrected chi connectivity index (χ3v) is 3.51. The molecule has 0 spiro atoms. The van der Waals surface area contributed by atoms with E-state index >= 15 is 0 Å². The minimum Gasteiger partial charge on any atom is -0.438 e. The molecule has 0 radical (unpaired) electrons. The summed E-state index contributed by atoms with van der Waals surface area (Å²) in [7, 11) is 0. The Hall–Kier alpha value is -2.36. The molecule has 0 unspecified atom stereocenters. The number of hydrogen-bond acceptors (Lipinski definition) is 3. The standard InChI is InChI=1S/C16H17N3O/c17-15(18)13-10-11-6-4-5-9-14(11)19-16(13)20-12-7-2-1-3-8-12/h1-3,7-8,10H,4-6,9H2,(H3,17,18). The fourth-order valence-electron chi connectivity index (χ4n) is 2.49. The van der Waals surface area contributed by atoms with E-state index in [9.17, 15) is 0 Å². The summed E-state index contributed by atoms with van der Waals surface area (Å²) in [5.41, 5.74) is 8.52. The largest absolute Gasteiger partial charge is 0.438 e. The average Bonchev–Trinajstić information content (AvgIpc) is 2.47. The molecule has 4 nitrogen and oxygen atoms in total. The van der Waals surface area contributed by atoms with Gasteiger partial charge in [0.2, 0.25) is 5.88 Å². The second kappa shape index (κ2) is 5.33. The summed E-state index contributed by atoms with van der Waals surface area (Å²) in [6.45, 7) is 0. The summed E-state index contributed by atoms with van der Waals surface area (Å²) in [4.78, 5) is 4.59. The van der Waals surface area contributed by atoms with Gasteiger partial charge >= 0.3 is 0 Å². The van der Waals surface area contributed by atoms with Crippen LogP contribution < -0.4 is 10.5 Å². The van der Waals surface area contributed by atoms with Crippen molar-refractivity contribution in [1.29, 1.82) is 5.41 Å². The first-order chi connectivity index (χ1) is 9.74. The number of hydrogen-bond donors (Lipinski definition) is 2. The Morgan fingerprint density at radius 1 is 1.15 bits per heavy atom. The van der Waals surface area contributed by atoms with E-state index in [0.29, 0.717) is 17.2 Å². The van der Waals surface area contributed by atoms with Gasteiger partial charge in [0, 0.05) is 5.69 Å². The number of ether oxygens (including phenoxy) is 1. The van der Waals surface area contributed by atoms with Crippen LogP contribution in [0.15, 0.2) is 36.4 Å². The lowest BCUT2D eigenvalue weighted by Gasteiger charge is -2.18. The highest BCUT2D eigenvalue weighted by Gasteiger charge is 2.17. The number of fused-ring (bicyclic) bond motifs is 1. The lowest BCUT2D eigenvalue weighted by atomic mass is 9.95. The van der Waals surface area contributed by atoms with E-state index in [1.54, 1.807) is 0 Å². The van der Waals surface area contributed by atoms with Crippen molar-refractivity contribution in [1.82, 2.24) is 4.98 Å². The highest BCUT2D eigenvalue weighted by molar-refractivity contribution is 5.97. The predicted octanol–water partition coefficient (Wildman–Crippen LogP) is 3.04. The van der Waals surface area contributed by atoms with E-state index in [0.717, 1.165) is 25.0 Å². The first kappa shape index (κ1) is 12.7. The van der Waals surface area contributed by atoms with Gasteiger partial charge < -0.3 is 10.5 Å². The molecule has 1 heterocycles. The number of nitrogens with zero attached hydrogens (tertiary/aromatic N) is 1. The van der Waals surface area contributed by atoms with Crippen molar-refractivity contribution >= 4 is 5.84 Å². The molecule has 0 saturated carbocycles. The fraction of sp³-hybridized carbons (Fsp3) is 0.250. The maximum absolute atomic E-state index is 7.72. The Bertz CT molecular complexity index is 638. The van der Waals surface area contributed by atoms with Gasteiger partial charge in [0.25, 0.3) is 0 Å². The molecule has 1 aromatic carbocycles. The number of amidine groups is 1. The molecule has 20 heavy (non-hydrogen) atoms. The molecule has 4 heteroatoms. The zero-order chi connectivity index (χ0) is 13.9. The van der Waals surface area contributed by atoms with Gasteiger partial charge in [-0.3, -0.25) is 5.41 Å². The second-order valence-electron chi connectivity index (χ2n) is 4.98. The van der Waals surface area contributed by atoms with Gasteiger partial charge in [0.05, 0.1) is 5.56 Å². The van der Waals surface area contributed by atoms with Crippen molar-refractivity contribution in [2.45, 2.75) is 25.7 Å². The minimum absolute atomic E-state index is 0.00296. The van der Waals surface area contributed by atoms with Gasteiger partial charge in [-0.05, 0) is 49.4 Å². The molecule has 3 N–H and O–H groups in total. The molecule has 0 aliphatic heterocycles. The van der Waals surface area contributed by atoms with Crippen LogP contribution in [0.5, 0.6) is 11.6 Å². The number of rotatable bonds is 3. The highest BCUT2D eigenvalue weighted by Crippen LogP contribution is 2.28. The number of nitrogens with two attached hydrogens (primary N) is 1. The fourth-order valence-corrected chi connectivity index (χ4v) is 2.49. The summed E-state index contributed by atoms with van der Waals surface area (Å²) in [5, 5.41) is 7.72. The van der Waals surface area contributed by atoms with E-state index in [4.69, 9.17) is 15.9 Å². The molecule has 102 valence electrons. The van der Waals surface area contributed by atoms with Gasteiger partial charge in [-0.1, -0.05) is 18.2 Å². The lowest BCUT2D eigenvalue weighted by Crippen LogP contribution is -2.16. The normalized spacial score (nSPS) is 13.6. The van der Waals surface area contributed by atoms with Gasteiger partial charge in [-0.15, -0.1) is 0 Å². The van der Waals surface area contributed by atoms with Crippen molar-refractivity contribution < 1.29 is 4.74 Å². The molecular formula is C16H17N3O. The van der Waals surface area contributed by atoms with Crippen LogP contribution in [0.1, 0.15) is 29.7 Å². The Morgan fingerprint density at radius 2 is 1.90 bits per heavy atom. The molecule has 0 atom stereocenters. The van der Waals surface area contributed by atoms with Crippen LogP contribution >= 0.6 is 0 Å². The number of nitrogen functional groups attached to an aromatic ring is 1. The maximum atomic E-state index is 7.72. The van der Waals surface area contributed by atoms with Crippen molar-refractivity contribution in [3.8, 4) is 11.6 Å². The van der Waals surface area contributed by atoms with Crippen molar-refractivity contribution in [3.05, 3.63) is 53.2 Å². The molecule has 2 aromatic rings. The second-order valence-corrected chi connectivity index (χ2v) is 4.98. The van der Waals surface area contributed by atoms with Crippen LogP contribution in [0.3, 0.4) is 0 Å². The summed E-state index contributed by atoms with van der Waals surface area (Å²) in [6, 6.07) is 11.4. The van der Waals surface area contributed by atoms with E-state index in [1.807, 2.05) is 36.4 Å². The van der Waals surface area contributed by atoms with E-state index in [1.165, 1.54) is 12.0 Å². The molecule has 0 saturated heterocycles. The predicted molar refractivity (Wildman–Crippen MR) is 78.4 cm³/mol. The molecule has 3 rings (SSSR count). The van der Waals surface area contributed by atoms with Gasteiger partial charge in [-0.2, -0.15) is 0 Å². The molecule has 1 aliphatic rings. The van der Waals surface area contributed by atoms with Crippen molar-refractivity contribution in [2.75, 3.05) is 0 Å². The van der Waals surface area contributed by atoms with E-state index in [2.05, 4.69) is 4.98 Å². The van der Waals surface area contributed by atoms with Crippen LogP contribution in [0, 0.1) is 5.41 Å². The minimum atomic E-state index is -0.00296. The van der Waals surface area contributed by atoms with Crippen LogP contribution in [-0.4, -0.2) is 10.8 Å². The Morgan fingerprint density at radius 3 is 2.65 bits per heavy atom. The SMILES string of the molecule is N=C(N)c1cc2c(nc1Oc1ccccc1)CCCC2. The Labute approximate surface area is 118 Å². The van der Waals surface area contributed by atoms with E-state index < -0.39 is 0 Å². The first-order valence-electron chi connectivity index (χ1n) is 6.84. The number of aromatic nitrogens is 1. The first-order valence-corrected chi connectivity index (χ1v) is 6.84. The van der Waals surface area contributed by atoms with Gasteiger partial charge in [0.1, 0.15) is 11.6 Å². The smallest absolute Gasteiger partial charge is 0.230 e. The van der Waals surface area contributed by atoms with Crippen LogP contribution in [0.4, 0.5) is 0 Å². The number of aryl methyl sites for hydroxylation is 2. The topological polar surface area (TPSA) is 72.0 Å². The zero-order valence-corrected chi connectivity index (χ0v) is 11.2. The summed E-state index contributed by atoms with van der Waals surface area (Å²) < 4.78 is 5.80. The lowest BCUT2D eigenvalue weighted by molar-refractivity contribution is 0.456. The number of benzene rings is 1. The summed E-state index contributed by atoms with van der Waals surface area (Å²) >= 11 is 0.